The molecule has 0 spiro atoms. The van der Waals surface area contributed by atoms with Gasteiger partial charge in [-0.25, -0.2) is 4.79 Å². The minimum absolute atomic E-state index is 0.401. The van der Waals surface area contributed by atoms with Crippen LogP contribution in [0.25, 0.3) is 11.2 Å². The summed E-state index contributed by atoms with van der Waals surface area (Å²) < 4.78 is 3.22. The number of aromatic nitrogens is 4. The van der Waals surface area contributed by atoms with Gasteiger partial charge in [0.05, 0.1) is 0 Å². The van der Waals surface area contributed by atoms with E-state index < -0.39 is 11.2 Å². The summed E-state index contributed by atoms with van der Waals surface area (Å²) in [5.41, 5.74) is -0.0734. The van der Waals surface area contributed by atoms with E-state index in [9.17, 15) is 9.59 Å². The van der Waals surface area contributed by atoms with Crippen LogP contribution in [-0.4, -0.2) is 32.2 Å². The molecule has 24 heavy (non-hydrogen) atoms. The Kier molecular flexibility index (Phi) is 4.54. The Labute approximate surface area is 144 Å². The van der Waals surface area contributed by atoms with E-state index >= 15 is 0 Å². The highest BCUT2D eigenvalue weighted by atomic mass is 35.5. The minimum Gasteiger partial charge on any atom is -0.342 e. The molecule has 130 valence electrons. The normalized spacial score (nSPS) is 17.0. The largest absolute Gasteiger partial charge is 0.342 e. The van der Waals surface area contributed by atoms with Gasteiger partial charge in [-0.05, 0) is 25.7 Å². The molecule has 8 heteroatoms. The summed E-state index contributed by atoms with van der Waals surface area (Å²) in [5.74, 6) is 1.41. The van der Waals surface area contributed by atoms with Crippen molar-refractivity contribution in [2.45, 2.75) is 33.2 Å². The lowest BCUT2D eigenvalue weighted by atomic mass is 10.00. The Balaban J connectivity index is 2.20. The lowest BCUT2D eigenvalue weighted by molar-refractivity contribution is 0.432. The molecule has 0 unspecified atom stereocenters. The van der Waals surface area contributed by atoms with Gasteiger partial charge in [-0.2, -0.15) is 4.98 Å². The summed E-state index contributed by atoms with van der Waals surface area (Å²) in [7, 11) is 1.61. The van der Waals surface area contributed by atoms with Gasteiger partial charge in [0.15, 0.2) is 11.2 Å². The highest BCUT2D eigenvalue weighted by Gasteiger charge is 2.24. The smallest absolute Gasteiger partial charge is 0.329 e. The van der Waals surface area contributed by atoms with Crippen LogP contribution in [-0.2, 0) is 13.6 Å². The number of H-pyrrole nitrogens is 1. The maximum absolute atomic E-state index is 12.4. The molecule has 1 aliphatic heterocycles. The molecular formula is C16H22ClN5O2. The first-order chi connectivity index (χ1) is 11.4. The second-order valence-electron chi connectivity index (χ2n) is 6.47. The van der Waals surface area contributed by atoms with Gasteiger partial charge >= 0.3 is 5.69 Å². The molecular weight excluding hydrogens is 330 g/mol. The second-order valence-corrected chi connectivity index (χ2v) is 7.07. The van der Waals surface area contributed by atoms with Crippen LogP contribution in [0.15, 0.2) is 20.7 Å². The first-order valence-corrected chi connectivity index (χ1v) is 8.53. The number of imidazole rings is 1. The zero-order chi connectivity index (χ0) is 17.4. The van der Waals surface area contributed by atoms with Crippen molar-refractivity contribution in [2.24, 2.45) is 13.0 Å². The van der Waals surface area contributed by atoms with Gasteiger partial charge in [-0.15, -0.1) is 0 Å². The summed E-state index contributed by atoms with van der Waals surface area (Å²) in [6.07, 6.45) is 4.01. The van der Waals surface area contributed by atoms with Crippen LogP contribution in [0.5, 0.6) is 0 Å². The van der Waals surface area contributed by atoms with Crippen LogP contribution < -0.4 is 16.1 Å². The standard InChI is InChI=1S/C16H22ClN5O2/c1-10-4-7-21(8-5-10)15-18-13-12(22(15)9-6-11(2)17)14(23)19-16(24)20(13)3/h6,10H,4-5,7-9H2,1-3H3,(H,19,23,24)/b11-6-. The number of hydrogen-bond donors (Lipinski definition) is 1. The Morgan fingerprint density at radius 3 is 2.67 bits per heavy atom. The fourth-order valence-electron chi connectivity index (χ4n) is 3.06. The van der Waals surface area contributed by atoms with Gasteiger partial charge in [-0.1, -0.05) is 24.6 Å². The summed E-state index contributed by atoms with van der Waals surface area (Å²) in [6.45, 7) is 6.26. The molecule has 2 aromatic rings. The van der Waals surface area contributed by atoms with Crippen LogP contribution in [0, 0.1) is 5.92 Å². The molecule has 0 radical (unpaired) electrons. The number of nitrogens with zero attached hydrogens (tertiary/aromatic N) is 4. The number of halogens is 1. The van der Waals surface area contributed by atoms with Gasteiger partial charge in [0.1, 0.15) is 0 Å². The maximum atomic E-state index is 12.4. The van der Waals surface area contributed by atoms with E-state index in [2.05, 4.69) is 21.8 Å². The molecule has 0 bridgehead atoms. The molecule has 3 heterocycles. The molecule has 0 aromatic carbocycles. The van der Waals surface area contributed by atoms with Gasteiger partial charge in [0, 0.05) is 31.7 Å². The number of hydrogen-bond acceptors (Lipinski definition) is 4. The van der Waals surface area contributed by atoms with Gasteiger partial charge < -0.3 is 9.47 Å². The van der Waals surface area contributed by atoms with E-state index in [-0.39, 0.29) is 0 Å². The molecule has 0 aliphatic carbocycles. The van der Waals surface area contributed by atoms with E-state index in [0.29, 0.717) is 28.7 Å². The quantitative estimate of drug-likeness (QED) is 0.914. The summed E-state index contributed by atoms with van der Waals surface area (Å²) in [5, 5.41) is 0.649. The number of aromatic amines is 1. The van der Waals surface area contributed by atoms with Gasteiger partial charge in [0.25, 0.3) is 5.56 Å². The monoisotopic (exact) mass is 351 g/mol. The summed E-state index contributed by atoms with van der Waals surface area (Å²) in [6, 6.07) is 0. The average Bonchev–Trinajstić information content (AvgIpc) is 2.91. The molecule has 1 aliphatic rings. The number of anilines is 1. The Hall–Kier alpha value is -2.02. The SMILES string of the molecule is C/C(Cl)=C/Cn1c(N2CCC(C)CC2)nc2c1c(=O)[nH]c(=O)n2C. The number of aryl methyl sites for hydroxylation is 1. The van der Waals surface area contributed by atoms with Crippen molar-refractivity contribution in [3.63, 3.8) is 0 Å². The molecule has 0 amide bonds. The zero-order valence-corrected chi connectivity index (χ0v) is 14.9. The van der Waals surface area contributed by atoms with E-state index in [1.807, 2.05) is 10.6 Å². The van der Waals surface area contributed by atoms with Gasteiger partial charge in [-0.3, -0.25) is 14.3 Å². The Morgan fingerprint density at radius 1 is 1.38 bits per heavy atom. The van der Waals surface area contributed by atoms with Gasteiger partial charge in [0.2, 0.25) is 5.95 Å². The van der Waals surface area contributed by atoms with Crippen molar-refractivity contribution in [1.29, 1.82) is 0 Å². The molecule has 0 saturated carbocycles. The van der Waals surface area contributed by atoms with E-state index in [1.54, 1.807) is 14.0 Å². The highest BCUT2D eigenvalue weighted by Crippen LogP contribution is 2.25. The topological polar surface area (TPSA) is 75.9 Å². The molecule has 1 saturated heterocycles. The molecule has 2 aromatic heterocycles. The predicted molar refractivity (Wildman–Crippen MR) is 95.8 cm³/mol. The fraction of sp³-hybridized carbons (Fsp3) is 0.562. The van der Waals surface area contributed by atoms with E-state index in [1.165, 1.54) is 4.57 Å². The number of rotatable bonds is 3. The van der Waals surface area contributed by atoms with E-state index in [4.69, 9.17) is 11.6 Å². The molecule has 7 nitrogen and oxygen atoms in total. The predicted octanol–water partition coefficient (Wildman–Crippen LogP) is 1.80. The summed E-state index contributed by atoms with van der Waals surface area (Å²) in [4.78, 5) is 33.4. The van der Waals surface area contributed by atoms with Crippen LogP contribution in [0.2, 0.25) is 0 Å². The number of allylic oxidation sites excluding steroid dienone is 2. The van der Waals surface area contributed by atoms with Crippen LogP contribution in [0.4, 0.5) is 5.95 Å². The van der Waals surface area contributed by atoms with Crippen LogP contribution in [0.1, 0.15) is 26.7 Å². The first kappa shape index (κ1) is 16.8. The lowest BCUT2D eigenvalue weighted by Crippen LogP contribution is -2.35. The lowest BCUT2D eigenvalue weighted by Gasteiger charge is -2.31. The third-order valence-corrected chi connectivity index (χ3v) is 4.76. The molecule has 1 fully saturated rings. The molecule has 0 atom stereocenters. The average molecular weight is 352 g/mol. The Morgan fingerprint density at radius 2 is 2.04 bits per heavy atom. The van der Waals surface area contributed by atoms with Crippen molar-refractivity contribution in [1.82, 2.24) is 19.1 Å². The first-order valence-electron chi connectivity index (χ1n) is 8.15. The second kappa shape index (κ2) is 6.47. The van der Waals surface area contributed by atoms with Crippen molar-refractivity contribution < 1.29 is 0 Å². The van der Waals surface area contributed by atoms with Crippen molar-refractivity contribution >= 4 is 28.7 Å². The van der Waals surface area contributed by atoms with Crippen molar-refractivity contribution in [2.75, 3.05) is 18.0 Å². The minimum atomic E-state index is -0.458. The van der Waals surface area contributed by atoms with Crippen LogP contribution >= 0.6 is 11.6 Å². The molecule has 3 rings (SSSR count). The highest BCUT2D eigenvalue weighted by molar-refractivity contribution is 6.29. The molecule has 1 N–H and O–H groups in total. The summed E-state index contributed by atoms with van der Waals surface area (Å²) >= 11 is 5.97. The van der Waals surface area contributed by atoms with E-state index in [0.717, 1.165) is 31.9 Å². The van der Waals surface area contributed by atoms with Crippen molar-refractivity contribution in [3.05, 3.63) is 31.9 Å². The Bertz CT molecular complexity index is 896. The number of nitrogens with one attached hydrogen (secondary N) is 1. The third-order valence-electron chi connectivity index (χ3n) is 4.61. The van der Waals surface area contributed by atoms with Crippen LogP contribution in [0.3, 0.4) is 0 Å². The fourth-order valence-corrected chi connectivity index (χ4v) is 3.13. The number of fused-ring (bicyclic) bond motifs is 1. The zero-order valence-electron chi connectivity index (χ0n) is 14.2. The number of piperidine rings is 1. The van der Waals surface area contributed by atoms with Crippen molar-refractivity contribution in [3.8, 4) is 0 Å². The third kappa shape index (κ3) is 3.00. The maximum Gasteiger partial charge on any atom is 0.329 e.